The van der Waals surface area contributed by atoms with Gasteiger partial charge in [-0.2, -0.15) is 0 Å². The first-order valence-corrected chi connectivity index (χ1v) is 8.72. The van der Waals surface area contributed by atoms with Crippen molar-refractivity contribution in [1.29, 1.82) is 0 Å². The molecule has 0 radical (unpaired) electrons. The number of hydrogen-bond acceptors (Lipinski definition) is 4. The third kappa shape index (κ3) is 3.26. The minimum absolute atomic E-state index is 0.134. The lowest BCUT2D eigenvalue weighted by Gasteiger charge is -2.15. The number of halogens is 1. The van der Waals surface area contributed by atoms with Gasteiger partial charge in [-0.25, -0.2) is 13.2 Å². The maximum atomic E-state index is 12.7. The molecule has 114 valence electrons. The van der Waals surface area contributed by atoms with Crippen LogP contribution in [0.25, 0.3) is 0 Å². The average molecular weight is 376 g/mol. The molecule has 0 saturated carbocycles. The molecule has 0 aliphatic carbocycles. The smallest absolute Gasteiger partial charge is 0.335 e. The van der Waals surface area contributed by atoms with Gasteiger partial charge in [0.1, 0.15) is 5.25 Å². The molecule has 1 aromatic carbocycles. The molecule has 2 N–H and O–H groups in total. The molecule has 1 aromatic rings. The molecule has 21 heavy (non-hydrogen) atoms. The number of carbonyl (C=O) groups excluding carboxylic acids is 1. The lowest BCUT2D eigenvalue weighted by molar-refractivity contribution is -0.120. The van der Waals surface area contributed by atoms with E-state index in [9.17, 15) is 18.0 Å². The third-order valence-electron chi connectivity index (χ3n) is 3.34. The van der Waals surface area contributed by atoms with Crippen LogP contribution in [0.2, 0.25) is 0 Å². The highest BCUT2D eigenvalue weighted by molar-refractivity contribution is 9.10. The molecule has 1 amide bonds. The summed E-state index contributed by atoms with van der Waals surface area (Å²) in [7, 11) is -3.94. The molecule has 0 spiro atoms. The first kappa shape index (κ1) is 16.0. The second kappa shape index (κ2) is 6.15. The molecule has 1 fully saturated rings. The van der Waals surface area contributed by atoms with E-state index in [2.05, 4.69) is 21.2 Å². The van der Waals surface area contributed by atoms with Gasteiger partial charge in [0, 0.05) is 11.0 Å². The van der Waals surface area contributed by atoms with Crippen molar-refractivity contribution in [3.05, 3.63) is 28.2 Å². The fourth-order valence-electron chi connectivity index (χ4n) is 2.22. The van der Waals surface area contributed by atoms with Gasteiger partial charge >= 0.3 is 5.97 Å². The fraction of sp³-hybridized carbons (Fsp3) is 0.385. The molecule has 1 aliphatic heterocycles. The Kier molecular flexibility index (Phi) is 4.67. The molecule has 2 rings (SSSR count). The van der Waals surface area contributed by atoms with Crippen molar-refractivity contribution in [3.8, 4) is 0 Å². The van der Waals surface area contributed by atoms with E-state index in [1.54, 1.807) is 0 Å². The van der Waals surface area contributed by atoms with Crippen molar-refractivity contribution in [1.82, 2.24) is 5.32 Å². The standard InChI is InChI=1S/C13H14BrNO5S/c14-9-5-4-8(13(17)18)7-11(9)21(19,20)10-3-1-2-6-15-12(10)16/h4-5,7,10H,1-3,6H2,(H,15,16)(H,17,18). The lowest BCUT2D eigenvalue weighted by Crippen LogP contribution is -2.38. The molecule has 1 saturated heterocycles. The van der Waals surface area contributed by atoms with Crippen molar-refractivity contribution < 1.29 is 23.1 Å². The molecule has 1 atom stereocenters. The van der Waals surface area contributed by atoms with Crippen molar-refractivity contribution in [3.63, 3.8) is 0 Å². The van der Waals surface area contributed by atoms with Crippen molar-refractivity contribution in [2.45, 2.75) is 29.4 Å². The number of amides is 1. The summed E-state index contributed by atoms with van der Waals surface area (Å²) in [6.07, 6.45) is 1.59. The summed E-state index contributed by atoms with van der Waals surface area (Å²) in [5, 5.41) is 10.4. The van der Waals surface area contributed by atoms with Crippen LogP contribution in [0.3, 0.4) is 0 Å². The van der Waals surface area contributed by atoms with Crippen molar-refractivity contribution in [2.24, 2.45) is 0 Å². The first-order chi connectivity index (χ1) is 9.84. The van der Waals surface area contributed by atoms with Gasteiger partial charge < -0.3 is 10.4 Å². The molecular weight excluding hydrogens is 362 g/mol. The van der Waals surface area contributed by atoms with Crippen LogP contribution < -0.4 is 5.32 Å². The van der Waals surface area contributed by atoms with Gasteiger partial charge in [0.05, 0.1) is 10.5 Å². The Balaban J connectivity index is 2.50. The van der Waals surface area contributed by atoms with Gasteiger partial charge in [-0.1, -0.05) is 0 Å². The molecule has 0 aromatic heterocycles. The maximum absolute atomic E-state index is 12.7. The summed E-state index contributed by atoms with van der Waals surface area (Å²) >= 11 is 3.12. The number of carboxylic acids is 1. The van der Waals surface area contributed by atoms with E-state index < -0.39 is 27.0 Å². The number of nitrogens with one attached hydrogen (secondary N) is 1. The summed E-state index contributed by atoms with van der Waals surface area (Å²) in [4.78, 5) is 22.8. The van der Waals surface area contributed by atoms with Crippen LogP contribution in [0.5, 0.6) is 0 Å². The topological polar surface area (TPSA) is 101 Å². The lowest BCUT2D eigenvalue weighted by atomic mass is 10.2. The van der Waals surface area contributed by atoms with Gasteiger partial charge in [0.25, 0.3) is 0 Å². The minimum atomic E-state index is -3.94. The van der Waals surface area contributed by atoms with E-state index in [0.717, 1.165) is 12.5 Å². The van der Waals surface area contributed by atoms with Crippen LogP contribution in [0, 0.1) is 0 Å². The van der Waals surface area contributed by atoms with Crippen molar-refractivity contribution >= 4 is 37.6 Å². The Bertz CT molecular complexity index is 686. The molecule has 1 heterocycles. The average Bonchev–Trinajstić information content (AvgIpc) is 2.63. The highest BCUT2D eigenvalue weighted by Crippen LogP contribution is 2.29. The second-order valence-electron chi connectivity index (χ2n) is 4.77. The third-order valence-corrected chi connectivity index (χ3v) is 6.45. The predicted octanol–water partition coefficient (Wildman–Crippen LogP) is 1.59. The van der Waals surface area contributed by atoms with Crippen LogP contribution in [0.1, 0.15) is 29.6 Å². The van der Waals surface area contributed by atoms with E-state index in [1.165, 1.54) is 12.1 Å². The SMILES string of the molecule is O=C(O)c1ccc(Br)c(S(=O)(=O)C2CCCCNC2=O)c1. The summed E-state index contributed by atoms with van der Waals surface area (Å²) in [5.74, 6) is -1.75. The largest absolute Gasteiger partial charge is 0.478 e. The van der Waals surface area contributed by atoms with E-state index in [4.69, 9.17) is 5.11 Å². The van der Waals surface area contributed by atoms with Crippen LogP contribution in [0.4, 0.5) is 0 Å². The number of carboxylic acid groups (broad SMARTS) is 1. The zero-order chi connectivity index (χ0) is 15.6. The van der Waals surface area contributed by atoms with Crippen LogP contribution >= 0.6 is 15.9 Å². The van der Waals surface area contributed by atoms with E-state index in [0.29, 0.717) is 13.0 Å². The highest BCUT2D eigenvalue weighted by Gasteiger charge is 2.36. The first-order valence-electron chi connectivity index (χ1n) is 6.38. The van der Waals surface area contributed by atoms with Gasteiger partial charge in [-0.3, -0.25) is 4.79 Å². The van der Waals surface area contributed by atoms with E-state index in [1.807, 2.05) is 0 Å². The Morgan fingerprint density at radius 1 is 1.33 bits per heavy atom. The molecular formula is C13H14BrNO5S. The summed E-state index contributed by atoms with van der Waals surface area (Å²) in [6, 6.07) is 3.75. The zero-order valence-corrected chi connectivity index (χ0v) is 13.4. The summed E-state index contributed by atoms with van der Waals surface area (Å²) < 4.78 is 25.6. The van der Waals surface area contributed by atoms with E-state index >= 15 is 0 Å². The molecule has 1 aliphatic rings. The van der Waals surface area contributed by atoms with Crippen molar-refractivity contribution in [2.75, 3.05) is 6.54 Å². The number of rotatable bonds is 3. The van der Waals surface area contributed by atoms with E-state index in [-0.39, 0.29) is 21.4 Å². The summed E-state index contributed by atoms with van der Waals surface area (Å²) in [6.45, 7) is 0.460. The quantitative estimate of drug-likeness (QED) is 0.835. The van der Waals surface area contributed by atoms with Crippen LogP contribution in [0.15, 0.2) is 27.6 Å². The highest BCUT2D eigenvalue weighted by atomic mass is 79.9. The van der Waals surface area contributed by atoms with Gasteiger partial charge in [-0.15, -0.1) is 0 Å². The van der Waals surface area contributed by atoms with Gasteiger partial charge in [-0.05, 0) is 53.4 Å². The van der Waals surface area contributed by atoms with Crippen LogP contribution in [-0.4, -0.2) is 37.2 Å². The Morgan fingerprint density at radius 2 is 2.05 bits per heavy atom. The number of sulfone groups is 1. The van der Waals surface area contributed by atoms with Gasteiger partial charge in [0.15, 0.2) is 9.84 Å². The fourth-order valence-corrected chi connectivity index (χ4v) is 4.92. The minimum Gasteiger partial charge on any atom is -0.478 e. The summed E-state index contributed by atoms with van der Waals surface area (Å²) in [5.41, 5.74) is -0.134. The Labute approximate surface area is 130 Å². The molecule has 8 heteroatoms. The number of aromatic carboxylic acids is 1. The predicted molar refractivity (Wildman–Crippen MR) is 78.9 cm³/mol. The normalized spacial score (nSPS) is 19.7. The number of hydrogen-bond donors (Lipinski definition) is 2. The Morgan fingerprint density at radius 3 is 2.71 bits per heavy atom. The maximum Gasteiger partial charge on any atom is 0.335 e. The van der Waals surface area contributed by atoms with Crippen LogP contribution in [-0.2, 0) is 14.6 Å². The molecule has 6 nitrogen and oxygen atoms in total. The molecule has 1 unspecified atom stereocenters. The number of carbonyl (C=O) groups is 2. The monoisotopic (exact) mass is 375 g/mol. The molecule has 0 bridgehead atoms. The zero-order valence-electron chi connectivity index (χ0n) is 11.0. The number of benzene rings is 1. The van der Waals surface area contributed by atoms with Gasteiger partial charge in [0.2, 0.25) is 5.91 Å². The Hall–Kier alpha value is -1.41. The second-order valence-corrected chi connectivity index (χ2v) is 7.72.